The van der Waals surface area contributed by atoms with Crippen molar-refractivity contribution in [2.75, 3.05) is 13.1 Å². The average Bonchev–Trinajstić information content (AvgIpc) is 3.05. The minimum Gasteiger partial charge on any atom is -0.298 e. The first-order valence-electron chi connectivity index (χ1n) is 7.86. The molecule has 4 nitrogen and oxygen atoms in total. The third-order valence-electron chi connectivity index (χ3n) is 4.42. The molecule has 2 aromatic heterocycles. The SMILES string of the molecule is Cc1cc(C)n(CC2CCCN2CCc2ccncc2)n1. The maximum absolute atomic E-state index is 4.61. The van der Waals surface area contributed by atoms with E-state index in [0.717, 1.165) is 25.2 Å². The fourth-order valence-electron chi connectivity index (χ4n) is 3.28. The van der Waals surface area contributed by atoms with Gasteiger partial charge in [-0.25, -0.2) is 0 Å². The first-order chi connectivity index (χ1) is 10.2. The largest absolute Gasteiger partial charge is 0.298 e. The Bertz CT molecular complexity index is 576. The Morgan fingerprint density at radius 3 is 2.76 bits per heavy atom. The standard InChI is InChI=1S/C17H24N4/c1-14-12-15(2)21(19-14)13-17-4-3-10-20(17)11-7-16-5-8-18-9-6-16/h5-6,8-9,12,17H,3-4,7,10-11,13H2,1-2H3. The number of aryl methyl sites for hydroxylation is 2. The number of aromatic nitrogens is 3. The molecular formula is C17H24N4. The molecule has 0 spiro atoms. The van der Waals surface area contributed by atoms with Crippen LogP contribution < -0.4 is 0 Å². The molecule has 1 atom stereocenters. The maximum Gasteiger partial charge on any atom is 0.0596 e. The molecule has 112 valence electrons. The molecule has 3 heterocycles. The van der Waals surface area contributed by atoms with Crippen molar-refractivity contribution >= 4 is 0 Å². The molecule has 3 rings (SSSR count). The van der Waals surface area contributed by atoms with Gasteiger partial charge in [-0.1, -0.05) is 0 Å². The van der Waals surface area contributed by atoms with Gasteiger partial charge in [0.25, 0.3) is 0 Å². The average molecular weight is 284 g/mol. The van der Waals surface area contributed by atoms with E-state index < -0.39 is 0 Å². The van der Waals surface area contributed by atoms with Gasteiger partial charge in [0.1, 0.15) is 0 Å². The summed E-state index contributed by atoms with van der Waals surface area (Å²) in [6, 6.07) is 7.03. The third kappa shape index (κ3) is 3.50. The summed E-state index contributed by atoms with van der Waals surface area (Å²) in [5.74, 6) is 0. The molecule has 1 unspecified atom stereocenters. The van der Waals surface area contributed by atoms with Crippen LogP contribution in [0.25, 0.3) is 0 Å². The predicted molar refractivity (Wildman–Crippen MR) is 84.2 cm³/mol. The summed E-state index contributed by atoms with van der Waals surface area (Å²) in [6.07, 6.45) is 7.46. The predicted octanol–water partition coefficient (Wildman–Crippen LogP) is 2.60. The molecule has 1 aliphatic heterocycles. The van der Waals surface area contributed by atoms with Crippen LogP contribution in [-0.2, 0) is 13.0 Å². The van der Waals surface area contributed by atoms with E-state index in [-0.39, 0.29) is 0 Å². The molecular weight excluding hydrogens is 260 g/mol. The van der Waals surface area contributed by atoms with Gasteiger partial charge >= 0.3 is 0 Å². The summed E-state index contributed by atoms with van der Waals surface area (Å²) < 4.78 is 2.17. The molecule has 0 aliphatic carbocycles. The van der Waals surface area contributed by atoms with E-state index in [0.29, 0.717) is 6.04 Å². The summed E-state index contributed by atoms with van der Waals surface area (Å²) in [6.45, 7) is 7.59. The van der Waals surface area contributed by atoms with Crippen LogP contribution in [0.3, 0.4) is 0 Å². The molecule has 2 aromatic rings. The van der Waals surface area contributed by atoms with E-state index >= 15 is 0 Å². The van der Waals surface area contributed by atoms with E-state index in [9.17, 15) is 0 Å². The Balaban J connectivity index is 1.59. The lowest BCUT2D eigenvalue weighted by Gasteiger charge is -2.24. The van der Waals surface area contributed by atoms with Gasteiger partial charge in [-0.3, -0.25) is 14.6 Å². The second-order valence-electron chi connectivity index (χ2n) is 6.05. The summed E-state index contributed by atoms with van der Waals surface area (Å²) in [5.41, 5.74) is 3.77. The quantitative estimate of drug-likeness (QED) is 0.846. The van der Waals surface area contributed by atoms with E-state index in [1.54, 1.807) is 0 Å². The Hall–Kier alpha value is -1.68. The van der Waals surface area contributed by atoms with Gasteiger partial charge in [0, 0.05) is 30.7 Å². The number of hydrogen-bond donors (Lipinski definition) is 0. The van der Waals surface area contributed by atoms with E-state index in [1.165, 1.54) is 30.6 Å². The van der Waals surface area contributed by atoms with Crippen LogP contribution in [0.2, 0.25) is 0 Å². The third-order valence-corrected chi connectivity index (χ3v) is 4.42. The van der Waals surface area contributed by atoms with Crippen molar-refractivity contribution in [3.8, 4) is 0 Å². The van der Waals surface area contributed by atoms with Crippen molar-refractivity contribution in [3.63, 3.8) is 0 Å². The Morgan fingerprint density at radius 2 is 2.05 bits per heavy atom. The normalized spacial score (nSPS) is 19.2. The van der Waals surface area contributed by atoms with Gasteiger partial charge in [-0.05, 0) is 63.4 Å². The van der Waals surface area contributed by atoms with Crippen molar-refractivity contribution in [2.24, 2.45) is 0 Å². The van der Waals surface area contributed by atoms with E-state index in [4.69, 9.17) is 0 Å². The van der Waals surface area contributed by atoms with Crippen LogP contribution >= 0.6 is 0 Å². The zero-order valence-corrected chi connectivity index (χ0v) is 13.0. The molecule has 1 saturated heterocycles. The molecule has 0 amide bonds. The van der Waals surface area contributed by atoms with Gasteiger partial charge in [0.05, 0.1) is 12.2 Å². The van der Waals surface area contributed by atoms with Crippen LogP contribution in [0.1, 0.15) is 29.8 Å². The van der Waals surface area contributed by atoms with Crippen molar-refractivity contribution in [3.05, 3.63) is 47.5 Å². The minimum absolute atomic E-state index is 0.629. The van der Waals surface area contributed by atoms with Crippen LogP contribution in [0.15, 0.2) is 30.6 Å². The molecule has 1 fully saturated rings. The van der Waals surface area contributed by atoms with E-state index in [1.807, 2.05) is 12.4 Å². The highest BCUT2D eigenvalue weighted by molar-refractivity contribution is 5.10. The summed E-state index contributed by atoms with van der Waals surface area (Å²) >= 11 is 0. The smallest absolute Gasteiger partial charge is 0.0596 e. The fraction of sp³-hybridized carbons (Fsp3) is 0.529. The number of rotatable bonds is 5. The Kier molecular flexibility index (Phi) is 4.34. The van der Waals surface area contributed by atoms with Crippen molar-refractivity contribution in [1.82, 2.24) is 19.7 Å². The van der Waals surface area contributed by atoms with Crippen molar-refractivity contribution < 1.29 is 0 Å². The number of pyridine rings is 1. The molecule has 21 heavy (non-hydrogen) atoms. The lowest BCUT2D eigenvalue weighted by molar-refractivity contribution is 0.228. The topological polar surface area (TPSA) is 34.0 Å². The zero-order chi connectivity index (χ0) is 14.7. The first kappa shape index (κ1) is 14.3. The van der Waals surface area contributed by atoms with Gasteiger partial charge in [0.2, 0.25) is 0 Å². The molecule has 0 bridgehead atoms. The molecule has 4 heteroatoms. The molecule has 0 N–H and O–H groups in total. The van der Waals surface area contributed by atoms with Crippen LogP contribution in [-0.4, -0.2) is 38.8 Å². The van der Waals surface area contributed by atoms with Crippen LogP contribution in [0, 0.1) is 13.8 Å². The fourth-order valence-corrected chi connectivity index (χ4v) is 3.28. The second-order valence-corrected chi connectivity index (χ2v) is 6.05. The highest BCUT2D eigenvalue weighted by Crippen LogP contribution is 2.20. The second kappa shape index (κ2) is 6.39. The highest BCUT2D eigenvalue weighted by Gasteiger charge is 2.25. The van der Waals surface area contributed by atoms with Crippen molar-refractivity contribution in [2.45, 2.75) is 45.7 Å². The molecule has 0 radical (unpaired) electrons. The summed E-state index contributed by atoms with van der Waals surface area (Å²) in [7, 11) is 0. The van der Waals surface area contributed by atoms with Gasteiger partial charge in [-0.15, -0.1) is 0 Å². The highest BCUT2D eigenvalue weighted by atomic mass is 15.3. The number of likely N-dealkylation sites (tertiary alicyclic amines) is 1. The summed E-state index contributed by atoms with van der Waals surface area (Å²) in [5, 5.41) is 4.61. The van der Waals surface area contributed by atoms with Gasteiger partial charge < -0.3 is 0 Å². The van der Waals surface area contributed by atoms with Crippen LogP contribution in [0.5, 0.6) is 0 Å². The lowest BCUT2D eigenvalue weighted by Crippen LogP contribution is -2.35. The van der Waals surface area contributed by atoms with E-state index in [2.05, 4.69) is 51.7 Å². The minimum atomic E-state index is 0.629. The number of hydrogen-bond acceptors (Lipinski definition) is 3. The monoisotopic (exact) mass is 284 g/mol. The first-order valence-corrected chi connectivity index (χ1v) is 7.86. The Morgan fingerprint density at radius 1 is 1.24 bits per heavy atom. The molecule has 1 aliphatic rings. The zero-order valence-electron chi connectivity index (χ0n) is 13.0. The van der Waals surface area contributed by atoms with Crippen molar-refractivity contribution in [1.29, 1.82) is 0 Å². The molecule has 0 saturated carbocycles. The number of nitrogens with zero attached hydrogens (tertiary/aromatic N) is 4. The Labute approximate surface area is 126 Å². The van der Waals surface area contributed by atoms with Crippen LogP contribution in [0.4, 0.5) is 0 Å². The summed E-state index contributed by atoms with van der Waals surface area (Å²) in [4.78, 5) is 6.70. The molecule has 0 aromatic carbocycles. The lowest BCUT2D eigenvalue weighted by atomic mass is 10.1. The maximum atomic E-state index is 4.61. The van der Waals surface area contributed by atoms with Gasteiger partial charge in [0.15, 0.2) is 0 Å². The van der Waals surface area contributed by atoms with Gasteiger partial charge in [-0.2, -0.15) is 5.10 Å².